The second-order valence-corrected chi connectivity index (χ2v) is 9.63. The van der Waals surface area contributed by atoms with E-state index in [-0.39, 0.29) is 0 Å². The summed E-state index contributed by atoms with van der Waals surface area (Å²) in [6.07, 6.45) is 1.20. The van der Waals surface area contributed by atoms with Crippen LogP contribution >= 0.6 is 0 Å². The third-order valence-corrected chi connectivity index (χ3v) is 7.70. The molecule has 6 heteroatoms. The van der Waals surface area contributed by atoms with Crippen molar-refractivity contribution in [2.75, 3.05) is 42.5 Å². The highest BCUT2D eigenvalue weighted by Crippen LogP contribution is 2.34. The number of piperazine rings is 1. The van der Waals surface area contributed by atoms with Crippen molar-refractivity contribution in [3.63, 3.8) is 0 Å². The lowest BCUT2D eigenvalue weighted by Gasteiger charge is -2.35. The van der Waals surface area contributed by atoms with Crippen molar-refractivity contribution >= 4 is 21.4 Å². The van der Waals surface area contributed by atoms with Crippen molar-refractivity contribution in [2.45, 2.75) is 24.7 Å². The van der Waals surface area contributed by atoms with E-state index in [2.05, 4.69) is 41.5 Å². The van der Waals surface area contributed by atoms with E-state index < -0.39 is 10.0 Å². The zero-order valence-electron chi connectivity index (χ0n) is 16.8. The van der Waals surface area contributed by atoms with E-state index in [1.54, 1.807) is 10.4 Å². The van der Waals surface area contributed by atoms with Gasteiger partial charge in [-0.2, -0.15) is 4.31 Å². The molecule has 0 amide bonds. The topological polar surface area (TPSA) is 43.9 Å². The molecule has 1 saturated heterocycles. The minimum Gasteiger partial charge on any atom is -0.369 e. The van der Waals surface area contributed by atoms with Gasteiger partial charge in [-0.25, -0.2) is 8.42 Å². The zero-order valence-corrected chi connectivity index (χ0v) is 17.7. The number of benzene rings is 2. The number of sulfonamides is 1. The van der Waals surface area contributed by atoms with Crippen LogP contribution in [0.2, 0.25) is 0 Å². The maximum Gasteiger partial charge on any atom is 0.243 e. The van der Waals surface area contributed by atoms with Crippen LogP contribution in [0.1, 0.15) is 17.5 Å². The largest absolute Gasteiger partial charge is 0.369 e. The van der Waals surface area contributed by atoms with Crippen LogP contribution < -0.4 is 9.80 Å². The Kier molecular flexibility index (Phi) is 5.40. The summed E-state index contributed by atoms with van der Waals surface area (Å²) in [5, 5.41) is 0. The van der Waals surface area contributed by atoms with E-state index in [1.165, 1.54) is 5.56 Å². The van der Waals surface area contributed by atoms with Gasteiger partial charge >= 0.3 is 0 Å². The van der Waals surface area contributed by atoms with Crippen molar-refractivity contribution in [2.24, 2.45) is 0 Å². The first-order valence-corrected chi connectivity index (χ1v) is 11.4. The lowest BCUT2D eigenvalue weighted by atomic mass is 10.2. The first-order chi connectivity index (χ1) is 13.9. The van der Waals surface area contributed by atoms with Crippen molar-refractivity contribution in [3.8, 4) is 0 Å². The fourth-order valence-corrected chi connectivity index (χ4v) is 5.61. The number of anilines is 2. The van der Waals surface area contributed by atoms with Gasteiger partial charge in [0.05, 0.1) is 4.90 Å². The Morgan fingerprint density at radius 3 is 2.52 bits per heavy atom. The van der Waals surface area contributed by atoms with Crippen LogP contribution in [0.25, 0.3) is 0 Å². The van der Waals surface area contributed by atoms with Gasteiger partial charge in [-0.3, -0.25) is 0 Å². The second-order valence-electron chi connectivity index (χ2n) is 7.69. The van der Waals surface area contributed by atoms with Crippen molar-refractivity contribution < 1.29 is 8.42 Å². The first-order valence-electron chi connectivity index (χ1n) is 10.0. The lowest BCUT2D eigenvalue weighted by Crippen LogP contribution is -2.48. The first kappa shape index (κ1) is 20.0. The number of hydrogen-bond acceptors (Lipinski definition) is 4. The highest BCUT2D eigenvalue weighted by Gasteiger charge is 2.30. The molecule has 0 bridgehead atoms. The van der Waals surface area contributed by atoms with Gasteiger partial charge < -0.3 is 9.80 Å². The molecular weight excluding hydrogens is 382 g/mol. The smallest absolute Gasteiger partial charge is 0.243 e. The summed E-state index contributed by atoms with van der Waals surface area (Å²) in [7, 11) is -3.50. The van der Waals surface area contributed by atoms with Crippen molar-refractivity contribution in [3.05, 3.63) is 72.8 Å². The minimum absolute atomic E-state index is 0.375. The predicted octanol–water partition coefficient (Wildman–Crippen LogP) is 3.48. The Morgan fingerprint density at radius 2 is 1.83 bits per heavy atom. The number of nitrogens with zero attached hydrogens (tertiary/aromatic N) is 3. The molecule has 2 aromatic rings. The van der Waals surface area contributed by atoms with Crippen molar-refractivity contribution in [1.29, 1.82) is 0 Å². The normalized spacial score (nSPS) is 17.4. The third-order valence-electron chi connectivity index (χ3n) is 5.81. The monoisotopic (exact) mass is 409 g/mol. The fourth-order valence-electron chi connectivity index (χ4n) is 4.14. The molecule has 2 aliphatic rings. The summed E-state index contributed by atoms with van der Waals surface area (Å²) in [4.78, 5) is 4.70. The van der Waals surface area contributed by atoms with Gasteiger partial charge in [0.1, 0.15) is 0 Å². The quantitative estimate of drug-likeness (QED) is 0.758. The molecule has 0 atom stereocenters. The van der Waals surface area contributed by atoms with Crippen LogP contribution in [0.5, 0.6) is 0 Å². The SMILES string of the molecule is [CH]CC(=C)N1CCc2cc(S(=O)(=O)N3CCN(c4cccc(C)c4)CC3)ccc21. The highest BCUT2D eigenvalue weighted by molar-refractivity contribution is 7.89. The number of aryl methyl sites for hydroxylation is 1. The summed E-state index contributed by atoms with van der Waals surface area (Å²) < 4.78 is 28.0. The Hall–Kier alpha value is -2.31. The van der Waals surface area contributed by atoms with Crippen LogP contribution in [0, 0.1) is 13.8 Å². The molecule has 1 fully saturated rings. The summed E-state index contributed by atoms with van der Waals surface area (Å²) in [6.45, 7) is 15.0. The van der Waals surface area contributed by atoms with Gasteiger partial charge in [-0.05, 0) is 68.1 Å². The molecular formula is C23H27N3O2S. The summed E-state index contributed by atoms with van der Waals surface area (Å²) in [6, 6.07) is 13.8. The molecule has 152 valence electrons. The minimum atomic E-state index is -3.50. The van der Waals surface area contributed by atoms with Gasteiger partial charge in [0.15, 0.2) is 0 Å². The summed E-state index contributed by atoms with van der Waals surface area (Å²) in [5.41, 5.74) is 5.27. The van der Waals surface area contributed by atoms with Crippen LogP contribution in [0.15, 0.2) is 59.6 Å². The average Bonchev–Trinajstić information content (AvgIpc) is 3.16. The van der Waals surface area contributed by atoms with Crippen LogP contribution in [0.4, 0.5) is 11.4 Å². The van der Waals surface area contributed by atoms with Crippen LogP contribution in [-0.2, 0) is 16.4 Å². The molecule has 0 N–H and O–H groups in total. The van der Waals surface area contributed by atoms with E-state index in [9.17, 15) is 8.42 Å². The van der Waals surface area contributed by atoms with Crippen LogP contribution in [0.3, 0.4) is 0 Å². The number of fused-ring (bicyclic) bond motifs is 1. The number of hydrogen-bond donors (Lipinski definition) is 0. The van der Waals surface area contributed by atoms with Crippen molar-refractivity contribution in [1.82, 2.24) is 4.31 Å². The number of rotatable bonds is 5. The lowest BCUT2D eigenvalue weighted by molar-refractivity contribution is 0.385. The molecule has 29 heavy (non-hydrogen) atoms. The van der Waals surface area contributed by atoms with Gasteiger partial charge in [0.25, 0.3) is 0 Å². The van der Waals surface area contributed by atoms with E-state index in [4.69, 9.17) is 6.92 Å². The molecule has 0 saturated carbocycles. The van der Waals surface area contributed by atoms with E-state index in [1.807, 2.05) is 18.2 Å². The molecule has 2 radical (unpaired) electrons. The zero-order chi connectivity index (χ0) is 20.6. The predicted molar refractivity (Wildman–Crippen MR) is 118 cm³/mol. The Balaban J connectivity index is 1.49. The Labute approximate surface area is 174 Å². The van der Waals surface area contributed by atoms with Gasteiger partial charge in [-0.1, -0.05) is 18.7 Å². The maximum absolute atomic E-state index is 13.2. The van der Waals surface area contributed by atoms with E-state index in [0.717, 1.165) is 35.6 Å². The molecule has 0 aliphatic carbocycles. The van der Waals surface area contributed by atoms with Gasteiger partial charge in [0, 0.05) is 49.8 Å². The van der Waals surface area contributed by atoms with E-state index in [0.29, 0.717) is 37.5 Å². The highest BCUT2D eigenvalue weighted by atomic mass is 32.2. The molecule has 2 heterocycles. The Morgan fingerprint density at radius 1 is 1.07 bits per heavy atom. The van der Waals surface area contributed by atoms with Gasteiger partial charge in [-0.15, -0.1) is 0 Å². The second kappa shape index (κ2) is 7.84. The van der Waals surface area contributed by atoms with Crippen LogP contribution in [-0.4, -0.2) is 45.4 Å². The molecule has 0 aromatic heterocycles. The molecule has 4 rings (SSSR count). The molecule has 5 nitrogen and oxygen atoms in total. The molecule has 2 aliphatic heterocycles. The number of allylic oxidation sites excluding steroid dienone is 1. The van der Waals surface area contributed by atoms with Gasteiger partial charge in [0.2, 0.25) is 10.0 Å². The molecule has 0 spiro atoms. The fraction of sp³-hybridized carbons (Fsp3) is 0.348. The molecule has 0 unspecified atom stereocenters. The standard InChI is InChI=1S/C23H27N3O2S/c1-4-19(3)26-11-10-20-17-22(8-9-23(20)26)29(27,28)25-14-12-24(13-15-25)21-7-5-6-18(2)16-21/h1,5-9,16-17H,3-4,10-15H2,2H3. The summed E-state index contributed by atoms with van der Waals surface area (Å²) in [5.74, 6) is 0. The average molecular weight is 410 g/mol. The van der Waals surface area contributed by atoms with E-state index >= 15 is 0 Å². The molecule has 2 aromatic carbocycles. The third kappa shape index (κ3) is 3.79. The maximum atomic E-state index is 13.2. The Bertz CT molecular complexity index is 1020. The summed E-state index contributed by atoms with van der Waals surface area (Å²) >= 11 is 0.